The molecule has 1 aromatic rings. The molecule has 0 radical (unpaired) electrons. The second-order valence-corrected chi connectivity index (χ2v) is 9.07. The van der Waals surface area contributed by atoms with Crippen LogP contribution < -0.4 is 10.1 Å². The maximum Gasteiger partial charge on any atom is 0.338 e. The topological polar surface area (TPSA) is 102 Å². The van der Waals surface area contributed by atoms with Gasteiger partial charge in [-0.15, -0.1) is 0 Å². The number of rotatable bonds is 8. The number of benzene rings is 1. The molecule has 28 heavy (non-hydrogen) atoms. The van der Waals surface area contributed by atoms with Crippen molar-refractivity contribution in [2.24, 2.45) is 5.92 Å². The third kappa shape index (κ3) is 5.23. The minimum atomic E-state index is -3.78. The van der Waals surface area contributed by atoms with E-state index in [0.29, 0.717) is 19.6 Å². The fraction of sp³-hybridized carbons (Fsp3) is 0.579. The highest BCUT2D eigenvalue weighted by molar-refractivity contribution is 7.89. The molecule has 1 unspecified atom stereocenters. The highest BCUT2D eigenvalue weighted by Crippen LogP contribution is 2.30. The van der Waals surface area contributed by atoms with Gasteiger partial charge in [-0.25, -0.2) is 13.2 Å². The van der Waals surface area contributed by atoms with Gasteiger partial charge in [0, 0.05) is 19.6 Å². The van der Waals surface area contributed by atoms with Crippen LogP contribution in [0.1, 0.15) is 44.0 Å². The predicted octanol–water partition coefficient (Wildman–Crippen LogP) is 1.80. The molecular weight excluding hydrogens is 384 g/mol. The van der Waals surface area contributed by atoms with Crippen molar-refractivity contribution in [3.05, 3.63) is 23.8 Å². The standard InChI is InChI=1S/C19H28N2O6S/c1-13(2)12-20-18(22)14(3)27-19(23)15-7-8-16(26-4)17(11-15)28(24,25)21-9-5-6-10-21/h7-8,11,13-14H,5-6,9-10,12H2,1-4H3,(H,20,22). The van der Waals surface area contributed by atoms with E-state index < -0.39 is 28.0 Å². The van der Waals surface area contributed by atoms with Crippen molar-refractivity contribution in [2.45, 2.75) is 44.6 Å². The van der Waals surface area contributed by atoms with Crippen LogP contribution in [0.2, 0.25) is 0 Å². The minimum absolute atomic E-state index is 0.0436. The first-order valence-corrected chi connectivity index (χ1v) is 10.8. The van der Waals surface area contributed by atoms with Crippen molar-refractivity contribution in [2.75, 3.05) is 26.7 Å². The van der Waals surface area contributed by atoms with Crippen molar-refractivity contribution in [1.82, 2.24) is 9.62 Å². The zero-order valence-corrected chi connectivity index (χ0v) is 17.5. The van der Waals surface area contributed by atoms with Gasteiger partial charge in [-0.05, 0) is 43.9 Å². The van der Waals surface area contributed by atoms with Gasteiger partial charge in [0.15, 0.2) is 6.10 Å². The Balaban J connectivity index is 2.20. The summed E-state index contributed by atoms with van der Waals surface area (Å²) < 4.78 is 37.5. The molecule has 9 heteroatoms. The summed E-state index contributed by atoms with van der Waals surface area (Å²) in [5.41, 5.74) is 0.0436. The number of carbonyl (C=O) groups is 2. The number of nitrogens with one attached hydrogen (secondary N) is 1. The summed E-state index contributed by atoms with van der Waals surface area (Å²) in [6.45, 7) is 6.73. The van der Waals surface area contributed by atoms with E-state index in [1.54, 1.807) is 0 Å². The van der Waals surface area contributed by atoms with Crippen molar-refractivity contribution >= 4 is 21.9 Å². The van der Waals surface area contributed by atoms with Gasteiger partial charge in [-0.2, -0.15) is 4.31 Å². The molecule has 1 aromatic carbocycles. The van der Waals surface area contributed by atoms with Crippen LogP contribution in [0.25, 0.3) is 0 Å². The SMILES string of the molecule is COc1ccc(C(=O)OC(C)C(=O)NCC(C)C)cc1S(=O)(=O)N1CCCC1. The van der Waals surface area contributed by atoms with Gasteiger partial charge in [-0.1, -0.05) is 13.8 Å². The maximum atomic E-state index is 12.9. The van der Waals surface area contributed by atoms with E-state index in [2.05, 4.69) is 5.32 Å². The molecular formula is C19H28N2O6S. The lowest BCUT2D eigenvalue weighted by Crippen LogP contribution is -2.37. The van der Waals surface area contributed by atoms with E-state index in [9.17, 15) is 18.0 Å². The molecule has 156 valence electrons. The minimum Gasteiger partial charge on any atom is -0.495 e. The Morgan fingerprint density at radius 2 is 1.82 bits per heavy atom. The van der Waals surface area contributed by atoms with Crippen molar-refractivity contribution < 1.29 is 27.5 Å². The van der Waals surface area contributed by atoms with Crippen LogP contribution in [0.3, 0.4) is 0 Å². The average Bonchev–Trinajstić information content (AvgIpc) is 3.21. The van der Waals surface area contributed by atoms with Crippen molar-refractivity contribution in [1.29, 1.82) is 0 Å². The average molecular weight is 413 g/mol. The monoisotopic (exact) mass is 412 g/mol. The van der Waals surface area contributed by atoms with E-state index in [0.717, 1.165) is 12.8 Å². The molecule has 1 atom stereocenters. The molecule has 2 rings (SSSR count). The molecule has 1 amide bonds. The second kappa shape index (κ2) is 9.38. The number of esters is 1. The van der Waals surface area contributed by atoms with Crippen LogP contribution >= 0.6 is 0 Å². The Hall–Kier alpha value is -2.13. The Morgan fingerprint density at radius 1 is 1.18 bits per heavy atom. The van der Waals surface area contributed by atoms with E-state index >= 15 is 0 Å². The van der Waals surface area contributed by atoms with Gasteiger partial charge in [-0.3, -0.25) is 4.79 Å². The van der Waals surface area contributed by atoms with Crippen LogP contribution in [0.5, 0.6) is 5.75 Å². The number of hydrogen-bond acceptors (Lipinski definition) is 6. The lowest BCUT2D eigenvalue weighted by molar-refractivity contribution is -0.129. The normalized spacial score (nSPS) is 16.0. The van der Waals surface area contributed by atoms with E-state index in [1.165, 1.54) is 36.5 Å². The molecule has 8 nitrogen and oxygen atoms in total. The van der Waals surface area contributed by atoms with Crippen LogP contribution in [0.15, 0.2) is 23.1 Å². The Bertz CT molecular complexity index is 816. The summed E-state index contributed by atoms with van der Waals surface area (Å²) in [5.74, 6) is -0.744. The summed E-state index contributed by atoms with van der Waals surface area (Å²) in [7, 11) is -2.41. The number of ether oxygens (including phenoxy) is 2. The Kier molecular flexibility index (Phi) is 7.42. The highest BCUT2D eigenvalue weighted by Gasteiger charge is 2.31. The van der Waals surface area contributed by atoms with Gasteiger partial charge in [0.05, 0.1) is 12.7 Å². The Morgan fingerprint density at radius 3 is 2.39 bits per heavy atom. The van der Waals surface area contributed by atoms with Crippen molar-refractivity contribution in [3.8, 4) is 5.75 Å². The molecule has 1 N–H and O–H groups in total. The zero-order chi connectivity index (χ0) is 20.9. The molecule has 0 bridgehead atoms. The maximum absolute atomic E-state index is 12.9. The van der Waals surface area contributed by atoms with Gasteiger partial charge >= 0.3 is 5.97 Å². The molecule has 0 aliphatic carbocycles. The zero-order valence-electron chi connectivity index (χ0n) is 16.7. The first-order valence-electron chi connectivity index (χ1n) is 9.33. The van der Waals surface area contributed by atoms with Crippen LogP contribution in [-0.2, 0) is 19.6 Å². The lowest BCUT2D eigenvalue weighted by atomic mass is 10.2. The van der Waals surface area contributed by atoms with Gasteiger partial charge in [0.25, 0.3) is 5.91 Å². The van der Waals surface area contributed by atoms with Crippen molar-refractivity contribution in [3.63, 3.8) is 0 Å². The molecule has 1 fully saturated rings. The summed E-state index contributed by atoms with van der Waals surface area (Å²) in [4.78, 5) is 24.4. The number of hydrogen-bond donors (Lipinski definition) is 1. The molecule has 1 heterocycles. The Labute approximate surface area is 166 Å². The fourth-order valence-corrected chi connectivity index (χ4v) is 4.50. The fourth-order valence-electron chi connectivity index (χ4n) is 2.80. The molecule has 1 aliphatic rings. The second-order valence-electron chi connectivity index (χ2n) is 7.16. The van der Waals surface area contributed by atoms with Gasteiger partial charge in [0.1, 0.15) is 10.6 Å². The third-order valence-corrected chi connectivity index (χ3v) is 6.34. The lowest BCUT2D eigenvalue weighted by Gasteiger charge is -2.19. The van der Waals surface area contributed by atoms with Crippen LogP contribution in [-0.4, -0.2) is 57.4 Å². The quantitative estimate of drug-likeness (QED) is 0.653. The molecule has 0 aromatic heterocycles. The first kappa shape index (κ1) is 22.2. The number of methoxy groups -OCH3 is 1. The number of amides is 1. The largest absolute Gasteiger partial charge is 0.495 e. The number of carbonyl (C=O) groups excluding carboxylic acids is 2. The van der Waals surface area contributed by atoms with Gasteiger partial charge in [0.2, 0.25) is 10.0 Å². The number of sulfonamides is 1. The van der Waals surface area contributed by atoms with Crippen LogP contribution in [0.4, 0.5) is 0 Å². The molecule has 0 spiro atoms. The third-order valence-electron chi connectivity index (χ3n) is 4.42. The molecule has 0 saturated carbocycles. The summed E-state index contributed by atoms with van der Waals surface area (Å²) in [5, 5.41) is 2.69. The number of nitrogens with zero attached hydrogens (tertiary/aromatic N) is 1. The van der Waals surface area contributed by atoms with E-state index in [4.69, 9.17) is 9.47 Å². The molecule has 1 aliphatic heterocycles. The predicted molar refractivity (Wildman–Crippen MR) is 104 cm³/mol. The molecule has 1 saturated heterocycles. The van der Waals surface area contributed by atoms with E-state index in [-0.39, 0.29) is 22.1 Å². The highest BCUT2D eigenvalue weighted by atomic mass is 32.2. The summed E-state index contributed by atoms with van der Waals surface area (Å²) >= 11 is 0. The summed E-state index contributed by atoms with van der Waals surface area (Å²) in [6.07, 6.45) is 0.602. The summed E-state index contributed by atoms with van der Waals surface area (Å²) in [6, 6.07) is 4.08. The first-order chi connectivity index (χ1) is 13.2. The van der Waals surface area contributed by atoms with Gasteiger partial charge < -0.3 is 14.8 Å². The van der Waals surface area contributed by atoms with Crippen LogP contribution in [0, 0.1) is 5.92 Å². The smallest absolute Gasteiger partial charge is 0.338 e. The van der Waals surface area contributed by atoms with E-state index in [1.807, 2.05) is 13.8 Å².